The average Bonchev–Trinajstić information content (AvgIpc) is 2.97. The number of anilines is 1. The minimum atomic E-state index is 0.758. The Hall–Kier alpha value is -2.33. The van der Waals surface area contributed by atoms with E-state index in [0.717, 1.165) is 34.2 Å². The van der Waals surface area contributed by atoms with Crippen LogP contribution in [0.5, 0.6) is 11.5 Å². The third-order valence-corrected chi connectivity index (χ3v) is 4.03. The van der Waals surface area contributed by atoms with Crippen LogP contribution in [0, 0.1) is 0 Å². The van der Waals surface area contributed by atoms with Crippen LogP contribution in [0.3, 0.4) is 0 Å². The van der Waals surface area contributed by atoms with Gasteiger partial charge in [-0.1, -0.05) is 24.4 Å². The number of ether oxygens (including phenoxy) is 2. The fraction of sp³-hybridized carbons (Fsp3) is 0.167. The second-order valence-corrected chi connectivity index (χ2v) is 5.50. The second kappa shape index (κ2) is 6.20. The third-order valence-electron chi connectivity index (χ3n) is 3.69. The highest BCUT2D eigenvalue weighted by atomic mass is 32.1. The normalized spacial score (nSPS) is 14.0. The molecular formula is C18H17NO2S. The van der Waals surface area contributed by atoms with Gasteiger partial charge in [-0.15, -0.1) is 0 Å². The molecule has 1 aliphatic heterocycles. The molecule has 2 aromatic rings. The summed E-state index contributed by atoms with van der Waals surface area (Å²) in [6.07, 6.45) is 2.85. The summed E-state index contributed by atoms with van der Waals surface area (Å²) < 4.78 is 10.5. The molecule has 1 heterocycles. The molecule has 0 bridgehead atoms. The minimum absolute atomic E-state index is 0.758. The van der Waals surface area contributed by atoms with Crippen molar-refractivity contribution in [2.45, 2.75) is 6.42 Å². The van der Waals surface area contributed by atoms with E-state index >= 15 is 0 Å². The molecule has 0 radical (unpaired) electrons. The van der Waals surface area contributed by atoms with Gasteiger partial charge >= 0.3 is 0 Å². The van der Waals surface area contributed by atoms with E-state index < -0.39 is 0 Å². The van der Waals surface area contributed by atoms with E-state index in [2.05, 4.69) is 12.3 Å². The lowest BCUT2D eigenvalue weighted by atomic mass is 10.1. The molecule has 0 saturated heterocycles. The predicted molar refractivity (Wildman–Crippen MR) is 93.7 cm³/mol. The molecule has 0 spiro atoms. The van der Waals surface area contributed by atoms with Crippen LogP contribution in [-0.4, -0.2) is 19.2 Å². The van der Waals surface area contributed by atoms with E-state index in [-0.39, 0.29) is 0 Å². The Morgan fingerprint density at radius 2 is 1.68 bits per heavy atom. The lowest BCUT2D eigenvalue weighted by Crippen LogP contribution is -2.17. The summed E-state index contributed by atoms with van der Waals surface area (Å²) in [5.41, 5.74) is 3.38. The average molecular weight is 311 g/mol. The molecule has 0 aromatic heterocycles. The van der Waals surface area contributed by atoms with Gasteiger partial charge in [0, 0.05) is 18.3 Å². The molecule has 0 amide bonds. The number of hydrogen-bond acceptors (Lipinski definition) is 3. The van der Waals surface area contributed by atoms with Gasteiger partial charge < -0.3 is 14.4 Å². The molecule has 0 unspecified atom stereocenters. The Morgan fingerprint density at radius 1 is 0.955 bits per heavy atom. The van der Waals surface area contributed by atoms with Crippen LogP contribution >= 0.6 is 12.2 Å². The molecule has 0 saturated carbocycles. The van der Waals surface area contributed by atoms with E-state index in [1.807, 2.05) is 47.4 Å². The largest absolute Gasteiger partial charge is 0.497 e. The zero-order chi connectivity index (χ0) is 15.5. The van der Waals surface area contributed by atoms with Gasteiger partial charge in [-0.3, -0.25) is 0 Å². The fourth-order valence-electron chi connectivity index (χ4n) is 2.48. The SMILES string of the molecule is COc1ccc(N2C=C(c3cccc(OC)c3)CC2=S)cc1. The number of thiocarbonyl (C=S) groups is 1. The van der Waals surface area contributed by atoms with Crippen molar-refractivity contribution in [3.8, 4) is 11.5 Å². The summed E-state index contributed by atoms with van der Waals surface area (Å²) in [4.78, 5) is 2.94. The highest BCUT2D eigenvalue weighted by molar-refractivity contribution is 7.80. The van der Waals surface area contributed by atoms with Crippen LogP contribution in [0.4, 0.5) is 5.69 Å². The molecule has 2 aromatic carbocycles. The first-order valence-electron chi connectivity index (χ1n) is 7.02. The standard InChI is InChI=1S/C18H17NO2S/c1-20-16-8-6-15(7-9-16)19-12-14(11-18(19)22)13-4-3-5-17(10-13)21-2/h3-10,12H,11H2,1-2H3. The molecule has 112 valence electrons. The molecule has 22 heavy (non-hydrogen) atoms. The van der Waals surface area contributed by atoms with E-state index in [0.29, 0.717) is 0 Å². The first-order chi connectivity index (χ1) is 10.7. The van der Waals surface area contributed by atoms with Crippen molar-refractivity contribution in [2.24, 2.45) is 0 Å². The van der Waals surface area contributed by atoms with Gasteiger partial charge in [-0.25, -0.2) is 0 Å². The van der Waals surface area contributed by atoms with Gasteiger partial charge in [0.2, 0.25) is 0 Å². The van der Waals surface area contributed by atoms with E-state index in [1.54, 1.807) is 14.2 Å². The van der Waals surface area contributed by atoms with Crippen molar-refractivity contribution in [2.75, 3.05) is 19.1 Å². The Labute approximate surface area is 135 Å². The fourth-order valence-corrected chi connectivity index (χ4v) is 2.80. The summed E-state index contributed by atoms with van der Waals surface area (Å²) in [5, 5.41) is 0. The summed E-state index contributed by atoms with van der Waals surface area (Å²) in [5.74, 6) is 1.69. The quantitative estimate of drug-likeness (QED) is 0.786. The van der Waals surface area contributed by atoms with Gasteiger partial charge in [0.05, 0.1) is 19.2 Å². The van der Waals surface area contributed by atoms with Crippen LogP contribution in [0.1, 0.15) is 12.0 Å². The molecule has 0 fully saturated rings. The first-order valence-corrected chi connectivity index (χ1v) is 7.43. The molecular weight excluding hydrogens is 294 g/mol. The number of methoxy groups -OCH3 is 2. The zero-order valence-corrected chi connectivity index (χ0v) is 13.4. The Morgan fingerprint density at radius 3 is 2.36 bits per heavy atom. The lowest BCUT2D eigenvalue weighted by Gasteiger charge is -2.15. The molecule has 4 heteroatoms. The van der Waals surface area contributed by atoms with Gasteiger partial charge in [0.1, 0.15) is 11.5 Å². The van der Waals surface area contributed by atoms with Crippen molar-refractivity contribution in [1.82, 2.24) is 0 Å². The highest BCUT2D eigenvalue weighted by Gasteiger charge is 2.21. The number of benzene rings is 2. The summed E-state index contributed by atoms with van der Waals surface area (Å²) in [6, 6.07) is 15.9. The monoisotopic (exact) mass is 311 g/mol. The van der Waals surface area contributed by atoms with Gasteiger partial charge in [0.15, 0.2) is 0 Å². The van der Waals surface area contributed by atoms with Crippen LogP contribution < -0.4 is 14.4 Å². The highest BCUT2D eigenvalue weighted by Crippen LogP contribution is 2.32. The molecule has 0 atom stereocenters. The topological polar surface area (TPSA) is 21.7 Å². The lowest BCUT2D eigenvalue weighted by molar-refractivity contribution is 0.414. The second-order valence-electron chi connectivity index (χ2n) is 5.02. The Kier molecular flexibility index (Phi) is 4.11. The maximum atomic E-state index is 5.53. The van der Waals surface area contributed by atoms with Crippen LogP contribution in [-0.2, 0) is 0 Å². The summed E-state index contributed by atoms with van der Waals surface area (Å²) in [6.45, 7) is 0. The summed E-state index contributed by atoms with van der Waals surface area (Å²) in [7, 11) is 3.34. The molecule has 3 rings (SSSR count). The molecule has 1 aliphatic rings. The Balaban J connectivity index is 1.90. The summed E-state index contributed by atoms with van der Waals surface area (Å²) >= 11 is 5.53. The van der Waals surface area contributed by atoms with E-state index in [4.69, 9.17) is 21.7 Å². The number of nitrogens with zero attached hydrogens (tertiary/aromatic N) is 1. The van der Waals surface area contributed by atoms with Crippen LogP contribution in [0.25, 0.3) is 5.57 Å². The number of rotatable bonds is 4. The van der Waals surface area contributed by atoms with Crippen molar-refractivity contribution < 1.29 is 9.47 Å². The molecule has 0 N–H and O–H groups in total. The molecule has 0 aliphatic carbocycles. The maximum absolute atomic E-state index is 5.53. The van der Waals surface area contributed by atoms with Crippen molar-refractivity contribution in [3.63, 3.8) is 0 Å². The van der Waals surface area contributed by atoms with E-state index in [9.17, 15) is 0 Å². The van der Waals surface area contributed by atoms with Crippen LogP contribution in [0.2, 0.25) is 0 Å². The smallest absolute Gasteiger partial charge is 0.119 e. The first kappa shape index (κ1) is 14.6. The third kappa shape index (κ3) is 2.83. The van der Waals surface area contributed by atoms with Gasteiger partial charge in [-0.2, -0.15) is 0 Å². The van der Waals surface area contributed by atoms with E-state index in [1.165, 1.54) is 5.57 Å². The van der Waals surface area contributed by atoms with Crippen molar-refractivity contribution >= 4 is 28.5 Å². The maximum Gasteiger partial charge on any atom is 0.119 e. The predicted octanol–water partition coefficient (Wildman–Crippen LogP) is 4.28. The minimum Gasteiger partial charge on any atom is -0.497 e. The van der Waals surface area contributed by atoms with Crippen molar-refractivity contribution in [1.29, 1.82) is 0 Å². The van der Waals surface area contributed by atoms with Gasteiger partial charge in [-0.05, 0) is 47.5 Å². The number of hydrogen-bond donors (Lipinski definition) is 0. The van der Waals surface area contributed by atoms with Crippen LogP contribution in [0.15, 0.2) is 54.7 Å². The van der Waals surface area contributed by atoms with Gasteiger partial charge in [0.25, 0.3) is 0 Å². The van der Waals surface area contributed by atoms with Crippen molar-refractivity contribution in [3.05, 3.63) is 60.3 Å². The zero-order valence-electron chi connectivity index (χ0n) is 12.6. The molecule has 3 nitrogen and oxygen atoms in total. The Bertz CT molecular complexity index is 722.